The van der Waals surface area contributed by atoms with Crippen molar-refractivity contribution in [2.24, 2.45) is 0 Å². The normalized spacial score (nSPS) is 12.0. The van der Waals surface area contributed by atoms with Gasteiger partial charge in [0.1, 0.15) is 5.82 Å². The molecule has 0 N–H and O–H groups in total. The van der Waals surface area contributed by atoms with E-state index < -0.39 is 0 Å². The van der Waals surface area contributed by atoms with E-state index in [0.717, 1.165) is 17.1 Å². The largest absolute Gasteiger partial charge is 0.294 e. The van der Waals surface area contributed by atoms with Gasteiger partial charge in [0.2, 0.25) is 0 Å². The van der Waals surface area contributed by atoms with Crippen LogP contribution in [0, 0.1) is 0 Å². The lowest BCUT2D eigenvalue weighted by atomic mass is 10.0. The molecule has 0 saturated carbocycles. The summed E-state index contributed by atoms with van der Waals surface area (Å²) in [4.78, 5) is 5.39. The third kappa shape index (κ3) is 3.70. The van der Waals surface area contributed by atoms with Gasteiger partial charge in [-0.1, -0.05) is 109 Å². The van der Waals surface area contributed by atoms with E-state index in [1.807, 2.05) is 22.7 Å². The molecule has 6 aromatic carbocycles. The maximum Gasteiger partial charge on any atom is 0.138 e. The van der Waals surface area contributed by atoms with E-state index in [1.165, 1.54) is 73.3 Å². The number of hydrogen-bond acceptors (Lipinski definition) is 3. The van der Waals surface area contributed by atoms with Crippen molar-refractivity contribution in [1.82, 2.24) is 9.55 Å². The predicted octanol–water partition coefficient (Wildman–Crippen LogP) is 12.2. The molecule has 4 heterocycles. The lowest BCUT2D eigenvalue weighted by molar-refractivity contribution is 1.09. The molecule has 0 radical (unpaired) electrons. The Morgan fingerprint density at radius 1 is 0.444 bits per heavy atom. The minimum atomic E-state index is 0.927. The molecule has 0 amide bonds. The van der Waals surface area contributed by atoms with Crippen LogP contribution >= 0.6 is 22.7 Å². The van der Waals surface area contributed by atoms with Gasteiger partial charge in [-0.05, 0) is 47.5 Å². The fraction of sp³-hybridized carbons (Fsp3) is 0. The minimum Gasteiger partial charge on any atom is -0.294 e. The Morgan fingerprint density at radius 3 is 1.89 bits per heavy atom. The Labute approximate surface area is 267 Å². The number of aromatic nitrogens is 2. The van der Waals surface area contributed by atoms with E-state index in [1.54, 1.807) is 0 Å². The van der Waals surface area contributed by atoms with E-state index in [-0.39, 0.29) is 0 Å². The first kappa shape index (κ1) is 25.1. The van der Waals surface area contributed by atoms with Gasteiger partial charge in [0, 0.05) is 56.7 Å². The smallest absolute Gasteiger partial charge is 0.138 e. The van der Waals surface area contributed by atoms with Gasteiger partial charge in [-0.3, -0.25) is 4.57 Å². The second-order valence-electron chi connectivity index (χ2n) is 11.5. The van der Waals surface area contributed by atoms with Crippen LogP contribution in [0.5, 0.6) is 0 Å². The number of para-hydroxylation sites is 1. The average Bonchev–Trinajstić information content (AvgIpc) is 3.78. The van der Waals surface area contributed by atoms with Crippen LogP contribution < -0.4 is 0 Å². The van der Waals surface area contributed by atoms with Crippen LogP contribution in [0.3, 0.4) is 0 Å². The van der Waals surface area contributed by atoms with Crippen LogP contribution in [0.15, 0.2) is 146 Å². The molecule has 0 aliphatic heterocycles. The third-order valence-electron chi connectivity index (χ3n) is 9.01. The van der Waals surface area contributed by atoms with Crippen LogP contribution in [-0.4, -0.2) is 9.55 Å². The molecule has 4 heteroatoms. The standard InChI is InChI=1S/C41H24N2S2/c1-2-11-25(12-3-1)33-23-26(27-16-10-17-30-28-13-5-8-19-36(28)44-40(27)30)24-38(42-33)43-34-18-7-4-15-32(34)39-35(43)22-21-31-29-14-6-9-20-37(29)45-41(31)39/h1-24H. The van der Waals surface area contributed by atoms with E-state index in [0.29, 0.717) is 0 Å². The van der Waals surface area contributed by atoms with Gasteiger partial charge in [0.15, 0.2) is 0 Å². The number of fused-ring (bicyclic) bond motifs is 10. The van der Waals surface area contributed by atoms with Crippen molar-refractivity contribution in [1.29, 1.82) is 0 Å². The quantitative estimate of drug-likeness (QED) is 0.195. The molecular weight excluding hydrogens is 585 g/mol. The second-order valence-corrected chi connectivity index (χ2v) is 13.6. The molecule has 0 aliphatic rings. The Balaban J connectivity index is 1.31. The molecule has 0 saturated heterocycles. The SMILES string of the molecule is c1ccc(-c2cc(-c3cccc4c3sc3ccccc34)cc(-n3c4ccccc4c4c5sc6ccccc6c5ccc43)n2)cc1. The molecular formula is C41H24N2S2. The highest BCUT2D eigenvalue weighted by molar-refractivity contribution is 7.27. The summed E-state index contributed by atoms with van der Waals surface area (Å²) in [6, 6.07) is 52.7. The zero-order valence-electron chi connectivity index (χ0n) is 24.1. The third-order valence-corrected chi connectivity index (χ3v) is 11.4. The Kier molecular flexibility index (Phi) is 5.35. The Hall–Kier alpha value is -5.29. The second kappa shape index (κ2) is 9.60. The van der Waals surface area contributed by atoms with Crippen LogP contribution in [0.1, 0.15) is 0 Å². The zero-order chi connectivity index (χ0) is 29.5. The van der Waals surface area contributed by atoms with Gasteiger partial charge in [0.05, 0.1) is 16.7 Å². The molecule has 0 atom stereocenters. The number of hydrogen-bond donors (Lipinski definition) is 0. The topological polar surface area (TPSA) is 17.8 Å². The van der Waals surface area contributed by atoms with Crippen molar-refractivity contribution >= 4 is 84.8 Å². The summed E-state index contributed by atoms with van der Waals surface area (Å²) < 4.78 is 7.64. The molecule has 0 bridgehead atoms. The van der Waals surface area contributed by atoms with Crippen molar-refractivity contribution in [3.63, 3.8) is 0 Å². The predicted molar refractivity (Wildman–Crippen MR) is 195 cm³/mol. The van der Waals surface area contributed by atoms with Gasteiger partial charge in [-0.2, -0.15) is 0 Å². The summed E-state index contributed by atoms with van der Waals surface area (Å²) in [5, 5.41) is 7.80. The molecule has 0 aliphatic carbocycles. The summed E-state index contributed by atoms with van der Waals surface area (Å²) in [5.41, 5.74) is 6.83. The summed E-state index contributed by atoms with van der Waals surface area (Å²) in [6.07, 6.45) is 0. The molecule has 0 fully saturated rings. The van der Waals surface area contributed by atoms with Gasteiger partial charge >= 0.3 is 0 Å². The number of pyridine rings is 1. The van der Waals surface area contributed by atoms with Crippen molar-refractivity contribution in [3.8, 4) is 28.2 Å². The van der Waals surface area contributed by atoms with Crippen LogP contribution in [0.2, 0.25) is 0 Å². The summed E-state index contributed by atoms with van der Waals surface area (Å²) in [7, 11) is 0. The van der Waals surface area contributed by atoms with Crippen molar-refractivity contribution in [2.45, 2.75) is 0 Å². The van der Waals surface area contributed by atoms with E-state index in [4.69, 9.17) is 4.98 Å². The fourth-order valence-corrected chi connectivity index (χ4v) is 9.50. The first-order valence-electron chi connectivity index (χ1n) is 15.1. The van der Waals surface area contributed by atoms with E-state index in [2.05, 4.69) is 150 Å². The molecule has 210 valence electrons. The van der Waals surface area contributed by atoms with Gasteiger partial charge in [0.25, 0.3) is 0 Å². The van der Waals surface area contributed by atoms with Crippen LogP contribution in [0.25, 0.3) is 90.4 Å². The highest BCUT2D eigenvalue weighted by atomic mass is 32.1. The summed E-state index contributed by atoms with van der Waals surface area (Å²) >= 11 is 3.76. The maximum absolute atomic E-state index is 5.39. The van der Waals surface area contributed by atoms with Gasteiger partial charge in [-0.25, -0.2) is 4.98 Å². The molecule has 4 aromatic heterocycles. The molecule has 10 aromatic rings. The van der Waals surface area contributed by atoms with Crippen molar-refractivity contribution in [2.75, 3.05) is 0 Å². The monoisotopic (exact) mass is 608 g/mol. The Morgan fingerprint density at radius 2 is 1.09 bits per heavy atom. The number of rotatable bonds is 3. The van der Waals surface area contributed by atoms with E-state index in [9.17, 15) is 0 Å². The number of nitrogens with zero attached hydrogens (tertiary/aromatic N) is 2. The van der Waals surface area contributed by atoms with Gasteiger partial charge < -0.3 is 0 Å². The molecule has 10 rings (SSSR count). The number of benzene rings is 6. The first-order chi connectivity index (χ1) is 22.3. The Bertz CT molecular complexity index is 2760. The molecule has 0 spiro atoms. The minimum absolute atomic E-state index is 0.927. The van der Waals surface area contributed by atoms with Crippen LogP contribution in [-0.2, 0) is 0 Å². The highest BCUT2D eigenvalue weighted by Gasteiger charge is 2.20. The molecule has 2 nitrogen and oxygen atoms in total. The first-order valence-corrected chi connectivity index (χ1v) is 16.8. The maximum atomic E-state index is 5.39. The zero-order valence-corrected chi connectivity index (χ0v) is 25.7. The molecule has 0 unspecified atom stereocenters. The van der Waals surface area contributed by atoms with Crippen molar-refractivity contribution in [3.05, 3.63) is 146 Å². The van der Waals surface area contributed by atoms with Gasteiger partial charge in [-0.15, -0.1) is 22.7 Å². The van der Waals surface area contributed by atoms with E-state index >= 15 is 0 Å². The average molecular weight is 609 g/mol. The molecule has 45 heavy (non-hydrogen) atoms. The number of thiophene rings is 2. The lowest BCUT2D eigenvalue weighted by Gasteiger charge is -2.13. The summed E-state index contributed by atoms with van der Waals surface area (Å²) in [6.45, 7) is 0. The van der Waals surface area contributed by atoms with Crippen molar-refractivity contribution < 1.29 is 0 Å². The lowest BCUT2D eigenvalue weighted by Crippen LogP contribution is -2.00. The fourth-order valence-electron chi connectivity index (χ4n) is 7.00. The summed E-state index contributed by atoms with van der Waals surface area (Å²) in [5.74, 6) is 0.927. The van der Waals surface area contributed by atoms with Crippen LogP contribution in [0.4, 0.5) is 0 Å². The highest BCUT2D eigenvalue weighted by Crippen LogP contribution is 2.44.